The fraction of sp³-hybridized carbons (Fsp3) is 0.294. The summed E-state index contributed by atoms with van der Waals surface area (Å²) in [7, 11) is 0. The average Bonchev–Trinajstić information content (AvgIpc) is 2.81. The number of anilines is 1. The van der Waals surface area contributed by atoms with Gasteiger partial charge in [0.05, 0.1) is 19.0 Å². The van der Waals surface area contributed by atoms with E-state index in [4.69, 9.17) is 9.47 Å². The number of hydrogen-bond donors (Lipinski definition) is 1. The minimum atomic E-state index is -0.0291. The topological polar surface area (TPSA) is 60.5 Å². The number of fused-ring (bicyclic) bond motifs is 1. The predicted octanol–water partition coefficient (Wildman–Crippen LogP) is 3.11. The van der Waals surface area contributed by atoms with Crippen LogP contribution in [0.15, 0.2) is 42.7 Å². The molecule has 0 unspecified atom stereocenters. The molecule has 0 aliphatic carbocycles. The van der Waals surface area contributed by atoms with Gasteiger partial charge in [-0.15, -0.1) is 11.8 Å². The summed E-state index contributed by atoms with van der Waals surface area (Å²) in [5.74, 6) is 2.57. The highest BCUT2D eigenvalue weighted by molar-refractivity contribution is 7.99. The van der Waals surface area contributed by atoms with E-state index in [1.54, 1.807) is 24.2 Å². The summed E-state index contributed by atoms with van der Waals surface area (Å²) in [6, 6.07) is 9.38. The van der Waals surface area contributed by atoms with E-state index >= 15 is 0 Å². The van der Waals surface area contributed by atoms with E-state index in [1.807, 2.05) is 30.3 Å². The van der Waals surface area contributed by atoms with E-state index in [9.17, 15) is 4.79 Å². The Balaban J connectivity index is 1.50. The van der Waals surface area contributed by atoms with Crippen molar-refractivity contribution in [3.63, 3.8) is 0 Å². The number of hydrogen-bond acceptors (Lipinski definition) is 5. The van der Waals surface area contributed by atoms with Gasteiger partial charge in [-0.1, -0.05) is 0 Å². The van der Waals surface area contributed by atoms with Gasteiger partial charge < -0.3 is 14.8 Å². The number of thioether (sulfide) groups is 1. The van der Waals surface area contributed by atoms with Crippen LogP contribution in [0.2, 0.25) is 0 Å². The molecule has 120 valence electrons. The fourth-order valence-electron chi connectivity index (χ4n) is 2.18. The Hall–Kier alpha value is -2.21. The standard InChI is InChI=1S/C17H18N2O3S/c20-17(12-23-11-13-4-6-18-7-5-13)19-14-2-3-15-16(10-14)22-9-1-8-21-15/h2-7,10H,1,8-9,11-12H2,(H,19,20). The molecule has 1 amide bonds. The Morgan fingerprint density at radius 3 is 2.74 bits per heavy atom. The Labute approximate surface area is 139 Å². The predicted molar refractivity (Wildman–Crippen MR) is 91.1 cm³/mol. The molecule has 0 saturated carbocycles. The van der Waals surface area contributed by atoms with E-state index in [0.29, 0.717) is 24.7 Å². The summed E-state index contributed by atoms with van der Waals surface area (Å²) < 4.78 is 11.2. The quantitative estimate of drug-likeness (QED) is 0.913. The van der Waals surface area contributed by atoms with Crippen molar-refractivity contribution in [3.05, 3.63) is 48.3 Å². The van der Waals surface area contributed by atoms with E-state index in [-0.39, 0.29) is 5.91 Å². The summed E-state index contributed by atoms with van der Waals surface area (Å²) in [5.41, 5.74) is 1.89. The van der Waals surface area contributed by atoms with Crippen LogP contribution in [0.3, 0.4) is 0 Å². The van der Waals surface area contributed by atoms with Crippen LogP contribution in [0.4, 0.5) is 5.69 Å². The second-order valence-electron chi connectivity index (χ2n) is 5.11. The van der Waals surface area contributed by atoms with Gasteiger partial charge in [0, 0.05) is 36.3 Å². The van der Waals surface area contributed by atoms with Crippen LogP contribution < -0.4 is 14.8 Å². The molecule has 0 fully saturated rings. The monoisotopic (exact) mass is 330 g/mol. The zero-order valence-electron chi connectivity index (χ0n) is 12.7. The number of benzene rings is 1. The van der Waals surface area contributed by atoms with Crippen LogP contribution in [-0.2, 0) is 10.5 Å². The molecule has 6 heteroatoms. The zero-order valence-corrected chi connectivity index (χ0v) is 13.5. The number of pyridine rings is 1. The maximum atomic E-state index is 12.0. The fourth-order valence-corrected chi connectivity index (χ4v) is 2.97. The minimum Gasteiger partial charge on any atom is -0.490 e. The molecule has 2 heterocycles. The highest BCUT2D eigenvalue weighted by atomic mass is 32.2. The lowest BCUT2D eigenvalue weighted by Crippen LogP contribution is -2.14. The van der Waals surface area contributed by atoms with Crippen molar-refractivity contribution in [1.29, 1.82) is 0 Å². The summed E-state index contributed by atoms with van der Waals surface area (Å²) in [4.78, 5) is 16.0. The first-order valence-electron chi connectivity index (χ1n) is 7.47. The van der Waals surface area contributed by atoms with Crippen molar-refractivity contribution >= 4 is 23.4 Å². The van der Waals surface area contributed by atoms with Crippen molar-refractivity contribution in [3.8, 4) is 11.5 Å². The van der Waals surface area contributed by atoms with Gasteiger partial charge in [0.15, 0.2) is 11.5 Å². The average molecular weight is 330 g/mol. The number of rotatable bonds is 5. The lowest BCUT2D eigenvalue weighted by Gasteiger charge is -2.10. The van der Waals surface area contributed by atoms with Gasteiger partial charge in [0.1, 0.15) is 0 Å². The van der Waals surface area contributed by atoms with Crippen molar-refractivity contribution in [2.45, 2.75) is 12.2 Å². The molecule has 5 nitrogen and oxygen atoms in total. The molecular formula is C17H18N2O3S. The highest BCUT2D eigenvalue weighted by Gasteiger charge is 2.11. The molecule has 1 aliphatic rings. The van der Waals surface area contributed by atoms with Crippen LogP contribution in [0.5, 0.6) is 11.5 Å². The summed E-state index contributed by atoms with van der Waals surface area (Å²) >= 11 is 1.57. The van der Waals surface area contributed by atoms with Crippen molar-refractivity contribution < 1.29 is 14.3 Å². The number of ether oxygens (including phenoxy) is 2. The third-order valence-electron chi connectivity index (χ3n) is 3.28. The molecule has 3 rings (SSSR count). The zero-order chi connectivity index (χ0) is 15.9. The Morgan fingerprint density at radius 2 is 1.91 bits per heavy atom. The van der Waals surface area contributed by atoms with Gasteiger partial charge in [0.25, 0.3) is 0 Å². The number of amides is 1. The summed E-state index contributed by atoms with van der Waals surface area (Å²) in [5, 5.41) is 2.89. The molecule has 0 saturated heterocycles. The Kier molecular flexibility index (Phi) is 5.37. The van der Waals surface area contributed by atoms with Gasteiger partial charge in [-0.3, -0.25) is 9.78 Å². The van der Waals surface area contributed by atoms with Crippen molar-refractivity contribution in [1.82, 2.24) is 4.98 Å². The van der Waals surface area contributed by atoms with E-state index in [2.05, 4.69) is 10.3 Å². The largest absolute Gasteiger partial charge is 0.490 e. The van der Waals surface area contributed by atoms with Crippen LogP contribution >= 0.6 is 11.8 Å². The molecule has 0 bridgehead atoms. The van der Waals surface area contributed by atoms with Gasteiger partial charge >= 0.3 is 0 Å². The van der Waals surface area contributed by atoms with E-state index in [0.717, 1.165) is 29.2 Å². The number of aromatic nitrogens is 1. The highest BCUT2D eigenvalue weighted by Crippen LogP contribution is 2.32. The molecule has 0 spiro atoms. The SMILES string of the molecule is O=C(CSCc1ccncc1)Nc1ccc2c(c1)OCCCO2. The first-order chi connectivity index (χ1) is 11.3. The molecular weight excluding hydrogens is 312 g/mol. The van der Waals surface area contributed by atoms with E-state index < -0.39 is 0 Å². The van der Waals surface area contributed by atoms with Gasteiger partial charge in [0.2, 0.25) is 5.91 Å². The number of carbonyl (C=O) groups is 1. The van der Waals surface area contributed by atoms with Gasteiger partial charge in [-0.25, -0.2) is 0 Å². The molecule has 0 atom stereocenters. The molecule has 0 radical (unpaired) electrons. The molecule has 23 heavy (non-hydrogen) atoms. The summed E-state index contributed by atoms with van der Waals surface area (Å²) in [6.45, 7) is 1.29. The normalized spacial score (nSPS) is 13.2. The van der Waals surface area contributed by atoms with Crippen LogP contribution in [-0.4, -0.2) is 29.9 Å². The molecule has 1 aromatic carbocycles. The van der Waals surface area contributed by atoms with Crippen molar-refractivity contribution in [2.24, 2.45) is 0 Å². The molecule has 1 N–H and O–H groups in total. The third kappa shape index (κ3) is 4.63. The van der Waals surface area contributed by atoms with Gasteiger partial charge in [-0.2, -0.15) is 0 Å². The number of carbonyl (C=O) groups excluding carboxylic acids is 1. The molecule has 1 aromatic heterocycles. The smallest absolute Gasteiger partial charge is 0.234 e. The Morgan fingerprint density at radius 1 is 1.13 bits per heavy atom. The lowest BCUT2D eigenvalue weighted by molar-refractivity contribution is -0.113. The minimum absolute atomic E-state index is 0.0291. The third-order valence-corrected chi connectivity index (χ3v) is 4.29. The number of nitrogens with zero attached hydrogens (tertiary/aromatic N) is 1. The lowest BCUT2D eigenvalue weighted by atomic mass is 10.2. The molecule has 2 aromatic rings. The van der Waals surface area contributed by atoms with Gasteiger partial charge in [-0.05, 0) is 29.8 Å². The van der Waals surface area contributed by atoms with Crippen molar-refractivity contribution in [2.75, 3.05) is 24.3 Å². The van der Waals surface area contributed by atoms with Crippen LogP contribution in [0, 0.1) is 0 Å². The van der Waals surface area contributed by atoms with E-state index in [1.165, 1.54) is 0 Å². The first kappa shape index (κ1) is 15.7. The first-order valence-corrected chi connectivity index (χ1v) is 8.63. The Bertz CT molecular complexity index is 664. The second kappa shape index (κ2) is 7.87. The number of nitrogens with one attached hydrogen (secondary N) is 1. The van der Waals surface area contributed by atoms with Crippen LogP contribution in [0.1, 0.15) is 12.0 Å². The maximum Gasteiger partial charge on any atom is 0.234 e. The van der Waals surface area contributed by atoms with Crippen LogP contribution in [0.25, 0.3) is 0 Å². The summed E-state index contributed by atoms with van der Waals surface area (Å²) in [6.07, 6.45) is 4.38. The second-order valence-corrected chi connectivity index (χ2v) is 6.09. The molecule has 1 aliphatic heterocycles. The maximum absolute atomic E-state index is 12.0.